The smallest absolute Gasteiger partial charge is 0.134 e. The van der Waals surface area contributed by atoms with Gasteiger partial charge in [0.05, 0.1) is 0 Å². The van der Waals surface area contributed by atoms with E-state index in [2.05, 4.69) is 105 Å². The van der Waals surface area contributed by atoms with Crippen LogP contribution >= 0.6 is 45.3 Å². The van der Waals surface area contributed by atoms with Crippen LogP contribution in [0.4, 0.5) is 0 Å². The van der Waals surface area contributed by atoms with Crippen LogP contribution in [0.2, 0.25) is 0 Å². The standard InChI is InChI=1S/C10H10O.C10H10S.C8H8S2.C6H8S/c2*1-2-9-7-8-5-3-4-6-10(8)11-9;1-2-6-5-8-7(10-6)3-4-9-8;1-2-6-4-3-5-7-6/h2*3-7H,2H2,1H3;3-5H,2H2,1H3;3-5H,2H2,1H3. The van der Waals surface area contributed by atoms with Gasteiger partial charge in [-0.25, -0.2) is 0 Å². The third-order valence-electron chi connectivity index (χ3n) is 6.12. The second-order valence-corrected chi connectivity index (χ2v) is 13.2. The lowest BCUT2D eigenvalue weighted by molar-refractivity contribution is 0.557. The highest BCUT2D eigenvalue weighted by molar-refractivity contribution is 7.26. The van der Waals surface area contributed by atoms with E-state index in [4.69, 9.17) is 4.42 Å². The van der Waals surface area contributed by atoms with Crippen molar-refractivity contribution in [3.05, 3.63) is 116 Å². The molecule has 7 rings (SSSR count). The Morgan fingerprint density at radius 1 is 0.513 bits per heavy atom. The molecule has 0 aliphatic rings. The first-order valence-electron chi connectivity index (χ1n) is 13.6. The Labute approximate surface area is 248 Å². The van der Waals surface area contributed by atoms with Crippen molar-refractivity contribution in [3.8, 4) is 0 Å². The molecule has 0 saturated heterocycles. The number of benzene rings is 2. The number of hydrogen-bond donors (Lipinski definition) is 0. The van der Waals surface area contributed by atoms with Crippen LogP contribution < -0.4 is 0 Å². The fourth-order valence-corrected chi connectivity index (χ4v) is 7.66. The SMILES string of the molecule is CCc1cc2ccccc2o1.CCc1cc2ccccc2s1.CCc1cc2sccc2s1.CCc1cccs1. The summed E-state index contributed by atoms with van der Waals surface area (Å²) in [5, 5.41) is 6.85. The summed E-state index contributed by atoms with van der Waals surface area (Å²) in [6, 6.07) is 29.7. The Kier molecular flexibility index (Phi) is 11.4. The van der Waals surface area contributed by atoms with E-state index >= 15 is 0 Å². The van der Waals surface area contributed by atoms with Gasteiger partial charge in [0.25, 0.3) is 0 Å². The summed E-state index contributed by atoms with van der Waals surface area (Å²) in [5.74, 6) is 1.06. The molecule has 1 nitrogen and oxygen atoms in total. The first-order chi connectivity index (χ1) is 19.1. The van der Waals surface area contributed by atoms with Gasteiger partial charge in [0, 0.05) is 40.5 Å². The molecule has 7 aromatic rings. The van der Waals surface area contributed by atoms with Crippen molar-refractivity contribution in [2.45, 2.75) is 53.4 Å². The highest BCUT2D eigenvalue weighted by atomic mass is 32.1. The summed E-state index contributed by atoms with van der Waals surface area (Å²) in [6.45, 7) is 8.67. The average molecular weight is 589 g/mol. The maximum absolute atomic E-state index is 5.52. The molecule has 0 aliphatic carbocycles. The van der Waals surface area contributed by atoms with Gasteiger partial charge in [-0.2, -0.15) is 0 Å². The lowest BCUT2D eigenvalue weighted by Crippen LogP contribution is -1.67. The number of fused-ring (bicyclic) bond motifs is 3. The fourth-order valence-electron chi connectivity index (χ4n) is 3.93. The minimum atomic E-state index is 0.967. The average Bonchev–Trinajstić information content (AvgIpc) is 3.80. The van der Waals surface area contributed by atoms with Crippen LogP contribution in [0.3, 0.4) is 0 Å². The predicted octanol–water partition coefficient (Wildman–Crippen LogP) is 12.3. The Morgan fingerprint density at radius 2 is 1.21 bits per heavy atom. The van der Waals surface area contributed by atoms with Gasteiger partial charge in [-0.05, 0) is 77.9 Å². The van der Waals surface area contributed by atoms with E-state index in [0.29, 0.717) is 0 Å². The topological polar surface area (TPSA) is 13.1 Å². The fraction of sp³-hybridized carbons (Fsp3) is 0.235. The van der Waals surface area contributed by atoms with Crippen molar-refractivity contribution in [2.75, 3.05) is 0 Å². The molecule has 2 aromatic carbocycles. The molecule has 0 unspecified atom stereocenters. The van der Waals surface area contributed by atoms with E-state index in [9.17, 15) is 0 Å². The van der Waals surface area contributed by atoms with E-state index in [1.165, 1.54) is 52.3 Å². The van der Waals surface area contributed by atoms with Crippen molar-refractivity contribution in [1.29, 1.82) is 0 Å². The number of rotatable bonds is 4. The summed E-state index contributed by atoms with van der Waals surface area (Å²) in [4.78, 5) is 4.45. The third-order valence-corrected chi connectivity index (χ3v) is 10.6. The quantitative estimate of drug-likeness (QED) is 0.199. The maximum atomic E-state index is 5.52. The van der Waals surface area contributed by atoms with Crippen molar-refractivity contribution >= 4 is 75.8 Å². The molecule has 39 heavy (non-hydrogen) atoms. The molecular formula is C34H36OS4. The maximum Gasteiger partial charge on any atom is 0.134 e. The number of hydrogen-bond acceptors (Lipinski definition) is 5. The summed E-state index contributed by atoms with van der Waals surface area (Å²) in [7, 11) is 0. The Hall–Kier alpha value is -2.70. The zero-order valence-corrected chi connectivity index (χ0v) is 26.4. The van der Waals surface area contributed by atoms with Crippen molar-refractivity contribution < 1.29 is 4.42 Å². The minimum absolute atomic E-state index is 0.967. The molecule has 5 heteroatoms. The summed E-state index contributed by atoms with van der Waals surface area (Å²) >= 11 is 7.47. The van der Waals surface area contributed by atoms with Crippen LogP contribution in [0.5, 0.6) is 0 Å². The van der Waals surface area contributed by atoms with Gasteiger partial charge in [0.1, 0.15) is 11.3 Å². The second-order valence-electron chi connectivity index (χ2n) is 8.86. The van der Waals surface area contributed by atoms with E-state index < -0.39 is 0 Å². The molecule has 0 amide bonds. The molecule has 0 radical (unpaired) electrons. The monoisotopic (exact) mass is 588 g/mol. The Bertz CT molecular complexity index is 1490. The number of aryl methyl sites for hydroxylation is 4. The molecule has 0 fully saturated rings. The Morgan fingerprint density at radius 3 is 1.82 bits per heavy atom. The first-order valence-corrected chi connectivity index (χ1v) is 17.0. The van der Waals surface area contributed by atoms with E-state index in [-0.39, 0.29) is 0 Å². The lowest BCUT2D eigenvalue weighted by Gasteiger charge is -1.83. The van der Waals surface area contributed by atoms with Gasteiger partial charge in [-0.1, -0.05) is 70.2 Å². The second kappa shape index (κ2) is 15.2. The normalized spacial score (nSPS) is 10.5. The van der Waals surface area contributed by atoms with E-state index in [1.807, 2.05) is 63.5 Å². The van der Waals surface area contributed by atoms with Gasteiger partial charge in [0.2, 0.25) is 0 Å². The molecular weight excluding hydrogens is 553 g/mol. The van der Waals surface area contributed by atoms with Gasteiger partial charge >= 0.3 is 0 Å². The van der Waals surface area contributed by atoms with Crippen molar-refractivity contribution in [3.63, 3.8) is 0 Å². The third kappa shape index (κ3) is 8.39. The van der Waals surface area contributed by atoms with Crippen molar-refractivity contribution in [2.24, 2.45) is 0 Å². The molecule has 5 heterocycles. The first kappa shape index (κ1) is 29.3. The summed E-state index contributed by atoms with van der Waals surface area (Å²) in [6.07, 6.45) is 4.47. The van der Waals surface area contributed by atoms with Gasteiger partial charge in [0.15, 0.2) is 0 Å². The van der Waals surface area contributed by atoms with Crippen LogP contribution in [0.15, 0.2) is 100 Å². The molecule has 0 saturated carbocycles. The molecule has 5 aromatic heterocycles. The van der Waals surface area contributed by atoms with Crippen LogP contribution in [-0.2, 0) is 25.7 Å². The van der Waals surface area contributed by atoms with Gasteiger partial charge in [-0.15, -0.1) is 45.3 Å². The largest absolute Gasteiger partial charge is 0.461 e. The number of furan rings is 1. The zero-order chi connectivity index (χ0) is 27.5. The van der Waals surface area contributed by atoms with E-state index in [1.54, 1.807) is 0 Å². The van der Waals surface area contributed by atoms with Crippen LogP contribution in [-0.4, -0.2) is 0 Å². The summed E-state index contributed by atoms with van der Waals surface area (Å²) in [5.41, 5.74) is 0.990. The molecule has 0 spiro atoms. The molecule has 0 atom stereocenters. The van der Waals surface area contributed by atoms with Crippen LogP contribution in [0.1, 0.15) is 48.1 Å². The molecule has 202 valence electrons. The van der Waals surface area contributed by atoms with Gasteiger partial charge in [-0.3, -0.25) is 0 Å². The number of para-hydroxylation sites is 1. The Balaban J connectivity index is 0.000000122. The van der Waals surface area contributed by atoms with Gasteiger partial charge < -0.3 is 4.42 Å². The highest BCUT2D eigenvalue weighted by Gasteiger charge is 2.00. The molecule has 0 aliphatic heterocycles. The molecule has 0 bridgehead atoms. The predicted molar refractivity (Wildman–Crippen MR) is 180 cm³/mol. The number of thiophene rings is 4. The van der Waals surface area contributed by atoms with Crippen LogP contribution in [0.25, 0.3) is 30.5 Å². The van der Waals surface area contributed by atoms with Crippen LogP contribution in [0, 0.1) is 0 Å². The zero-order valence-electron chi connectivity index (χ0n) is 23.1. The summed E-state index contributed by atoms with van der Waals surface area (Å²) < 4.78 is 9.82. The van der Waals surface area contributed by atoms with E-state index in [0.717, 1.165) is 24.2 Å². The highest BCUT2D eigenvalue weighted by Crippen LogP contribution is 2.30. The van der Waals surface area contributed by atoms with Crippen molar-refractivity contribution in [1.82, 2.24) is 0 Å². The lowest BCUT2D eigenvalue weighted by atomic mass is 10.2. The molecule has 0 N–H and O–H groups in total. The minimum Gasteiger partial charge on any atom is -0.461 e.